The van der Waals surface area contributed by atoms with Gasteiger partial charge in [-0.25, -0.2) is 9.78 Å². The van der Waals surface area contributed by atoms with Gasteiger partial charge in [0.1, 0.15) is 11.4 Å². The van der Waals surface area contributed by atoms with E-state index in [2.05, 4.69) is 10.3 Å². The number of carbonyl (C=O) groups is 3. The van der Waals surface area contributed by atoms with Crippen molar-refractivity contribution in [2.75, 3.05) is 25.5 Å². The predicted molar refractivity (Wildman–Crippen MR) is 123 cm³/mol. The molecule has 0 aromatic carbocycles. The summed E-state index contributed by atoms with van der Waals surface area (Å²) < 4.78 is 10.4. The normalized spacial score (nSPS) is 17.2. The summed E-state index contributed by atoms with van der Waals surface area (Å²) >= 11 is 0. The second-order valence-electron chi connectivity index (χ2n) is 10.4. The number of methoxy groups -OCH3 is 1. The van der Waals surface area contributed by atoms with Crippen LogP contribution < -0.4 is 5.32 Å². The number of ether oxygens (including phenoxy) is 2. The number of likely N-dealkylation sites (tertiary alicyclic amines) is 1. The number of nitrogens with zero attached hydrogens (tertiary/aromatic N) is 2. The molecule has 2 amide bonds. The van der Waals surface area contributed by atoms with Gasteiger partial charge in [0.05, 0.1) is 19.1 Å². The van der Waals surface area contributed by atoms with Crippen LogP contribution >= 0.6 is 0 Å². The molecule has 0 saturated carbocycles. The summed E-state index contributed by atoms with van der Waals surface area (Å²) in [6.45, 7) is 11.6. The number of aliphatic hydroxyl groups excluding tert-OH is 1. The number of pyridine rings is 1. The van der Waals surface area contributed by atoms with Gasteiger partial charge < -0.3 is 24.8 Å². The van der Waals surface area contributed by atoms with Gasteiger partial charge in [-0.3, -0.25) is 9.59 Å². The van der Waals surface area contributed by atoms with Crippen LogP contribution in [0.2, 0.25) is 0 Å². The summed E-state index contributed by atoms with van der Waals surface area (Å²) in [6, 6.07) is 3.28. The van der Waals surface area contributed by atoms with E-state index in [1.807, 2.05) is 20.8 Å². The number of amides is 2. The molecule has 1 aromatic heterocycles. The van der Waals surface area contributed by atoms with Crippen molar-refractivity contribution in [1.29, 1.82) is 0 Å². The predicted octanol–water partition coefficient (Wildman–Crippen LogP) is 3.54. The van der Waals surface area contributed by atoms with Gasteiger partial charge in [0.15, 0.2) is 0 Å². The van der Waals surface area contributed by atoms with Crippen molar-refractivity contribution >= 4 is 23.8 Å². The number of piperidine rings is 1. The zero-order valence-electron chi connectivity index (χ0n) is 20.7. The second kappa shape index (κ2) is 10.5. The average Bonchev–Trinajstić information content (AvgIpc) is 2.72. The van der Waals surface area contributed by atoms with Gasteiger partial charge in [0.25, 0.3) is 0 Å². The second-order valence-corrected chi connectivity index (χ2v) is 10.4. The molecule has 1 aliphatic heterocycles. The van der Waals surface area contributed by atoms with Gasteiger partial charge >= 0.3 is 12.1 Å². The minimum Gasteiger partial charge on any atom is -0.469 e. The topological polar surface area (TPSA) is 118 Å². The van der Waals surface area contributed by atoms with Gasteiger partial charge in [-0.05, 0) is 45.6 Å². The highest BCUT2D eigenvalue weighted by Gasteiger charge is 2.40. The van der Waals surface area contributed by atoms with Crippen LogP contribution in [0.3, 0.4) is 0 Å². The van der Waals surface area contributed by atoms with Gasteiger partial charge in [-0.2, -0.15) is 0 Å². The van der Waals surface area contributed by atoms with Crippen LogP contribution in [-0.2, 0) is 19.1 Å². The third-order valence-electron chi connectivity index (χ3n) is 5.58. The van der Waals surface area contributed by atoms with E-state index < -0.39 is 35.1 Å². The Hall–Kier alpha value is -2.68. The summed E-state index contributed by atoms with van der Waals surface area (Å²) in [5, 5.41) is 14.0. The van der Waals surface area contributed by atoms with E-state index in [0.717, 1.165) is 0 Å². The maximum Gasteiger partial charge on any atom is 0.410 e. The molecular weight excluding hydrogens is 426 g/mol. The molecule has 0 bridgehead atoms. The van der Waals surface area contributed by atoms with Gasteiger partial charge in [-0.15, -0.1) is 0 Å². The highest BCUT2D eigenvalue weighted by molar-refractivity contribution is 5.94. The quantitative estimate of drug-likeness (QED) is 0.641. The van der Waals surface area contributed by atoms with E-state index in [1.54, 1.807) is 37.8 Å². The molecule has 1 fully saturated rings. The zero-order chi connectivity index (χ0) is 25.0. The molecule has 184 valence electrons. The third kappa shape index (κ3) is 7.15. The number of esters is 1. The Balaban J connectivity index is 2.21. The van der Waals surface area contributed by atoms with E-state index in [-0.39, 0.29) is 17.6 Å². The largest absolute Gasteiger partial charge is 0.469 e. The Morgan fingerprint density at radius 2 is 1.76 bits per heavy atom. The fraction of sp³-hybridized carbons (Fsp3) is 0.667. The zero-order valence-corrected chi connectivity index (χ0v) is 20.7. The Labute approximate surface area is 195 Å². The molecular formula is C24H37N3O6. The average molecular weight is 464 g/mol. The fourth-order valence-electron chi connectivity index (χ4n) is 3.73. The third-order valence-corrected chi connectivity index (χ3v) is 5.58. The number of anilines is 1. The summed E-state index contributed by atoms with van der Waals surface area (Å²) in [6.07, 6.45) is 0.885. The lowest BCUT2D eigenvalue weighted by molar-refractivity contribution is -0.153. The van der Waals surface area contributed by atoms with Crippen LogP contribution in [0.15, 0.2) is 18.3 Å². The number of aliphatic hydroxyl groups is 1. The molecule has 1 aliphatic rings. The van der Waals surface area contributed by atoms with Crippen LogP contribution in [-0.4, -0.2) is 58.8 Å². The first-order chi connectivity index (χ1) is 15.2. The van der Waals surface area contributed by atoms with Gasteiger partial charge in [-0.1, -0.05) is 26.8 Å². The van der Waals surface area contributed by atoms with E-state index in [9.17, 15) is 19.5 Å². The smallest absolute Gasteiger partial charge is 0.410 e. The van der Waals surface area contributed by atoms with Crippen molar-refractivity contribution in [3.8, 4) is 0 Å². The summed E-state index contributed by atoms with van der Waals surface area (Å²) in [4.78, 5) is 43.4. The maximum absolute atomic E-state index is 12.7. The minimum absolute atomic E-state index is 0.213. The Kier molecular flexibility index (Phi) is 8.46. The van der Waals surface area contributed by atoms with Crippen LogP contribution in [0.25, 0.3) is 0 Å². The highest BCUT2D eigenvalue weighted by atomic mass is 16.6. The minimum atomic E-state index is -1.24. The Bertz CT molecular complexity index is 850. The Morgan fingerprint density at radius 1 is 1.15 bits per heavy atom. The number of rotatable bonds is 5. The lowest BCUT2D eigenvalue weighted by Crippen LogP contribution is -2.44. The molecule has 33 heavy (non-hydrogen) atoms. The van der Waals surface area contributed by atoms with E-state index in [0.29, 0.717) is 31.5 Å². The Morgan fingerprint density at radius 3 is 2.27 bits per heavy atom. The molecule has 2 atom stereocenters. The summed E-state index contributed by atoms with van der Waals surface area (Å²) in [5.41, 5.74) is -0.900. The monoisotopic (exact) mass is 463 g/mol. The fourth-order valence-corrected chi connectivity index (χ4v) is 3.73. The molecule has 9 heteroatoms. The van der Waals surface area contributed by atoms with Crippen molar-refractivity contribution in [2.45, 2.75) is 66.1 Å². The van der Waals surface area contributed by atoms with E-state index in [1.165, 1.54) is 13.3 Å². The van der Waals surface area contributed by atoms with Crippen molar-refractivity contribution in [2.24, 2.45) is 17.3 Å². The van der Waals surface area contributed by atoms with Crippen molar-refractivity contribution in [3.05, 3.63) is 23.9 Å². The highest BCUT2D eigenvalue weighted by Crippen LogP contribution is 2.37. The lowest BCUT2D eigenvalue weighted by Gasteiger charge is -2.37. The molecule has 0 aliphatic carbocycles. The summed E-state index contributed by atoms with van der Waals surface area (Å²) in [5.74, 6) is -1.68. The van der Waals surface area contributed by atoms with E-state index in [4.69, 9.17) is 9.47 Å². The maximum atomic E-state index is 12.7. The summed E-state index contributed by atoms with van der Waals surface area (Å²) in [7, 11) is 1.28. The SMILES string of the molecule is COC(=O)[C@@H](C1CCN(C(=O)OC(C)(C)C)CC1)[C@@H](O)c1cccnc1NC(=O)C(C)(C)C. The molecule has 1 aromatic rings. The standard InChI is InChI=1S/C24H37N3O6/c1-23(2,3)21(30)26-19-16(9-8-12-25-19)18(28)17(20(29)32-7)15-10-13-27(14-11-15)22(31)33-24(4,5)6/h8-9,12,15,17-18,28H,10-11,13-14H2,1-7H3,(H,25,26,30)/t17-,18-/m0/s1. The molecule has 1 saturated heterocycles. The number of hydrogen-bond donors (Lipinski definition) is 2. The van der Waals surface area contributed by atoms with Crippen molar-refractivity contribution in [3.63, 3.8) is 0 Å². The van der Waals surface area contributed by atoms with Gasteiger partial charge in [0.2, 0.25) is 5.91 Å². The number of carbonyl (C=O) groups excluding carboxylic acids is 3. The van der Waals surface area contributed by atoms with Crippen LogP contribution in [0.1, 0.15) is 66.1 Å². The van der Waals surface area contributed by atoms with Gasteiger partial charge in [0, 0.05) is 30.3 Å². The van der Waals surface area contributed by atoms with Crippen LogP contribution in [0.4, 0.5) is 10.6 Å². The molecule has 2 N–H and O–H groups in total. The first-order valence-corrected chi connectivity index (χ1v) is 11.2. The first-order valence-electron chi connectivity index (χ1n) is 11.2. The van der Waals surface area contributed by atoms with Crippen LogP contribution in [0.5, 0.6) is 0 Å². The molecule has 2 heterocycles. The number of nitrogens with one attached hydrogen (secondary N) is 1. The van der Waals surface area contributed by atoms with Crippen molar-refractivity contribution < 1.29 is 29.0 Å². The molecule has 2 rings (SSSR count). The van der Waals surface area contributed by atoms with E-state index >= 15 is 0 Å². The molecule has 9 nitrogen and oxygen atoms in total. The molecule has 0 spiro atoms. The molecule has 0 unspecified atom stereocenters. The first kappa shape index (κ1) is 26.6. The molecule has 0 radical (unpaired) electrons. The number of hydrogen-bond acceptors (Lipinski definition) is 7. The number of aromatic nitrogens is 1. The van der Waals surface area contributed by atoms with Crippen molar-refractivity contribution in [1.82, 2.24) is 9.88 Å². The van der Waals surface area contributed by atoms with Crippen LogP contribution in [0, 0.1) is 17.3 Å². The lowest BCUT2D eigenvalue weighted by atomic mass is 9.79.